The minimum absolute atomic E-state index is 0.0234. The van der Waals surface area contributed by atoms with Crippen LogP contribution in [0.2, 0.25) is 5.02 Å². The number of benzene rings is 2. The molecule has 0 aromatic heterocycles. The molecule has 112 valence electrons. The zero-order valence-electron chi connectivity index (χ0n) is 11.2. The van der Waals surface area contributed by atoms with E-state index < -0.39 is 10.0 Å². The monoisotopic (exact) mass is 388 g/mol. The van der Waals surface area contributed by atoms with Gasteiger partial charge in [0.1, 0.15) is 0 Å². The second kappa shape index (κ2) is 6.36. The second-order valence-electron chi connectivity index (χ2n) is 4.56. The highest BCUT2D eigenvalue weighted by Gasteiger charge is 2.22. The zero-order valence-corrected chi connectivity index (χ0v) is 14.3. The van der Waals surface area contributed by atoms with Gasteiger partial charge in [-0.05, 0) is 40.5 Å². The number of hydrogen-bond donors (Lipinski definition) is 2. The Balaban J connectivity index is 2.35. The van der Waals surface area contributed by atoms with E-state index >= 15 is 0 Å². The summed E-state index contributed by atoms with van der Waals surface area (Å²) in [4.78, 5) is 0.0234. The fourth-order valence-corrected chi connectivity index (χ4v) is 4.41. The minimum Gasteiger partial charge on any atom is -0.398 e. The molecule has 0 aliphatic rings. The molecule has 0 aliphatic carbocycles. The molecule has 0 bridgehead atoms. The number of sulfonamides is 1. The van der Waals surface area contributed by atoms with Crippen molar-refractivity contribution in [3.63, 3.8) is 0 Å². The highest BCUT2D eigenvalue weighted by molar-refractivity contribution is 9.10. The van der Waals surface area contributed by atoms with Crippen LogP contribution in [0.15, 0.2) is 51.8 Å². The van der Waals surface area contributed by atoms with Crippen molar-refractivity contribution in [3.05, 3.63) is 57.5 Å². The molecule has 0 radical (unpaired) electrons. The van der Waals surface area contributed by atoms with E-state index in [2.05, 4.69) is 20.7 Å². The van der Waals surface area contributed by atoms with E-state index in [9.17, 15) is 8.42 Å². The van der Waals surface area contributed by atoms with Crippen LogP contribution in [0.5, 0.6) is 0 Å². The van der Waals surface area contributed by atoms with Crippen LogP contribution in [0.1, 0.15) is 18.5 Å². The Labute approximate surface area is 137 Å². The van der Waals surface area contributed by atoms with Gasteiger partial charge in [-0.2, -0.15) is 0 Å². The van der Waals surface area contributed by atoms with Crippen molar-refractivity contribution in [2.24, 2.45) is 0 Å². The summed E-state index contributed by atoms with van der Waals surface area (Å²) in [6.07, 6.45) is 0. The van der Waals surface area contributed by atoms with E-state index in [-0.39, 0.29) is 21.6 Å². The Morgan fingerprint density at radius 3 is 2.48 bits per heavy atom. The van der Waals surface area contributed by atoms with Gasteiger partial charge >= 0.3 is 0 Å². The van der Waals surface area contributed by atoms with Gasteiger partial charge in [-0.25, -0.2) is 13.1 Å². The van der Waals surface area contributed by atoms with Crippen molar-refractivity contribution in [1.29, 1.82) is 0 Å². The first kappa shape index (κ1) is 16.3. The third-order valence-electron chi connectivity index (χ3n) is 2.95. The second-order valence-corrected chi connectivity index (χ2v) is 7.47. The van der Waals surface area contributed by atoms with E-state index in [0.717, 1.165) is 5.56 Å². The zero-order chi connectivity index (χ0) is 15.6. The standard InChI is InChI=1S/C14H14BrClN2O2S/c1-9(10-5-3-2-4-6-10)18-21(19,20)13-8-11(16)7-12(17)14(13)15/h2-9,18H,17H2,1H3/t9-/m0/s1. The molecule has 21 heavy (non-hydrogen) atoms. The van der Waals surface area contributed by atoms with Gasteiger partial charge in [-0.3, -0.25) is 0 Å². The molecule has 0 fully saturated rings. The third kappa shape index (κ3) is 3.77. The van der Waals surface area contributed by atoms with Crippen molar-refractivity contribution in [3.8, 4) is 0 Å². The Kier molecular flexibility index (Phi) is 4.93. The molecule has 2 aromatic carbocycles. The van der Waals surface area contributed by atoms with Crippen molar-refractivity contribution in [2.75, 3.05) is 5.73 Å². The molecule has 0 saturated heterocycles. The van der Waals surface area contributed by atoms with Crippen molar-refractivity contribution < 1.29 is 8.42 Å². The highest BCUT2D eigenvalue weighted by atomic mass is 79.9. The summed E-state index contributed by atoms with van der Waals surface area (Å²) in [6, 6.07) is 11.8. The predicted octanol–water partition coefficient (Wildman–Crippen LogP) is 3.72. The molecule has 0 saturated carbocycles. The number of anilines is 1. The highest BCUT2D eigenvalue weighted by Crippen LogP contribution is 2.32. The Bertz CT molecular complexity index is 751. The quantitative estimate of drug-likeness (QED) is 0.783. The SMILES string of the molecule is C[C@H](NS(=O)(=O)c1cc(Cl)cc(N)c1Br)c1ccccc1. The van der Waals surface area contributed by atoms with Crippen molar-refractivity contribution in [1.82, 2.24) is 4.72 Å². The van der Waals surface area contributed by atoms with Gasteiger partial charge in [0.15, 0.2) is 0 Å². The first-order valence-corrected chi connectivity index (χ1v) is 8.78. The molecule has 3 N–H and O–H groups in total. The molecule has 0 spiro atoms. The van der Waals surface area contributed by atoms with E-state index in [1.54, 1.807) is 6.92 Å². The number of hydrogen-bond acceptors (Lipinski definition) is 3. The largest absolute Gasteiger partial charge is 0.398 e. The Hall–Kier alpha value is -1.08. The number of rotatable bonds is 4. The Morgan fingerprint density at radius 1 is 1.24 bits per heavy atom. The molecule has 2 aromatic rings. The first-order chi connectivity index (χ1) is 9.81. The van der Waals surface area contributed by atoms with Gasteiger partial charge in [0.2, 0.25) is 10.0 Å². The van der Waals surface area contributed by atoms with Crippen LogP contribution in [0, 0.1) is 0 Å². The summed E-state index contributed by atoms with van der Waals surface area (Å²) in [7, 11) is -3.74. The minimum atomic E-state index is -3.74. The van der Waals surface area contributed by atoms with Crippen LogP contribution < -0.4 is 10.5 Å². The lowest BCUT2D eigenvalue weighted by atomic mass is 10.1. The number of nitrogen functional groups attached to an aromatic ring is 1. The maximum atomic E-state index is 12.5. The van der Waals surface area contributed by atoms with E-state index in [4.69, 9.17) is 17.3 Å². The van der Waals surface area contributed by atoms with Crippen LogP contribution in [-0.4, -0.2) is 8.42 Å². The number of nitrogens with two attached hydrogens (primary N) is 1. The number of halogens is 2. The molecule has 0 heterocycles. The fourth-order valence-electron chi connectivity index (χ4n) is 1.89. The van der Waals surface area contributed by atoms with Gasteiger partial charge in [0.05, 0.1) is 9.37 Å². The average molecular weight is 390 g/mol. The fraction of sp³-hybridized carbons (Fsp3) is 0.143. The van der Waals surface area contributed by atoms with Crippen LogP contribution in [0.3, 0.4) is 0 Å². The molecule has 2 rings (SSSR count). The summed E-state index contributed by atoms with van der Waals surface area (Å²) in [6.45, 7) is 1.77. The molecule has 0 aliphatic heterocycles. The third-order valence-corrected chi connectivity index (χ3v) is 5.88. The van der Waals surface area contributed by atoms with Crippen LogP contribution in [-0.2, 0) is 10.0 Å². The smallest absolute Gasteiger partial charge is 0.242 e. The topological polar surface area (TPSA) is 72.2 Å². The van der Waals surface area contributed by atoms with Gasteiger partial charge in [-0.1, -0.05) is 41.9 Å². The first-order valence-electron chi connectivity index (χ1n) is 6.13. The van der Waals surface area contributed by atoms with Gasteiger partial charge in [0, 0.05) is 16.8 Å². The van der Waals surface area contributed by atoms with Crippen LogP contribution in [0.4, 0.5) is 5.69 Å². The maximum Gasteiger partial charge on any atom is 0.242 e. The molecule has 0 unspecified atom stereocenters. The average Bonchev–Trinajstić information content (AvgIpc) is 2.43. The predicted molar refractivity (Wildman–Crippen MR) is 88.7 cm³/mol. The summed E-state index contributed by atoms with van der Waals surface area (Å²) in [5.41, 5.74) is 6.88. The van der Waals surface area contributed by atoms with Crippen molar-refractivity contribution >= 4 is 43.2 Å². The van der Waals surface area contributed by atoms with Crippen LogP contribution >= 0.6 is 27.5 Å². The lowest BCUT2D eigenvalue weighted by molar-refractivity contribution is 0.566. The normalized spacial score (nSPS) is 13.1. The summed E-state index contributed by atoms with van der Waals surface area (Å²) in [5, 5.41) is 0.267. The molecule has 7 heteroatoms. The Morgan fingerprint density at radius 2 is 1.86 bits per heavy atom. The molecular weight excluding hydrogens is 376 g/mol. The lowest BCUT2D eigenvalue weighted by Crippen LogP contribution is -2.27. The maximum absolute atomic E-state index is 12.5. The lowest BCUT2D eigenvalue weighted by Gasteiger charge is -2.16. The number of nitrogens with one attached hydrogen (secondary N) is 1. The van der Waals surface area contributed by atoms with Crippen LogP contribution in [0.25, 0.3) is 0 Å². The molecule has 0 amide bonds. The van der Waals surface area contributed by atoms with E-state index in [1.807, 2.05) is 30.3 Å². The molecular formula is C14H14BrClN2O2S. The summed E-state index contributed by atoms with van der Waals surface area (Å²) < 4.78 is 27.9. The summed E-state index contributed by atoms with van der Waals surface area (Å²) >= 11 is 9.08. The van der Waals surface area contributed by atoms with Gasteiger partial charge in [0.25, 0.3) is 0 Å². The molecule has 4 nitrogen and oxygen atoms in total. The summed E-state index contributed by atoms with van der Waals surface area (Å²) in [5.74, 6) is 0. The van der Waals surface area contributed by atoms with E-state index in [0.29, 0.717) is 4.47 Å². The van der Waals surface area contributed by atoms with Gasteiger partial charge < -0.3 is 5.73 Å². The van der Waals surface area contributed by atoms with E-state index in [1.165, 1.54) is 12.1 Å². The van der Waals surface area contributed by atoms with Gasteiger partial charge in [-0.15, -0.1) is 0 Å². The molecule has 1 atom stereocenters. The van der Waals surface area contributed by atoms with Crippen molar-refractivity contribution in [2.45, 2.75) is 17.9 Å².